The van der Waals surface area contributed by atoms with Gasteiger partial charge in [0.2, 0.25) is 0 Å². The van der Waals surface area contributed by atoms with Crippen LogP contribution in [0.1, 0.15) is 56.5 Å². The van der Waals surface area contributed by atoms with E-state index in [0.29, 0.717) is 43.2 Å². The molecule has 3 heterocycles. The van der Waals surface area contributed by atoms with Crippen LogP contribution in [0, 0.1) is 0 Å². The molecule has 4 aromatic rings. The van der Waals surface area contributed by atoms with Gasteiger partial charge in [-0.3, -0.25) is 9.78 Å². The van der Waals surface area contributed by atoms with Gasteiger partial charge in [-0.05, 0) is 49.1 Å². The Labute approximate surface area is 202 Å². The van der Waals surface area contributed by atoms with Gasteiger partial charge in [-0.25, -0.2) is 4.52 Å². The summed E-state index contributed by atoms with van der Waals surface area (Å²) in [7, 11) is 0. The maximum Gasteiger partial charge on any atom is 0.416 e. The van der Waals surface area contributed by atoms with Gasteiger partial charge in [-0.1, -0.05) is 50.2 Å². The molecule has 0 unspecified atom stereocenters. The van der Waals surface area contributed by atoms with Crippen LogP contribution in [0.3, 0.4) is 0 Å². The zero-order valence-electron chi connectivity index (χ0n) is 19.8. The second kappa shape index (κ2) is 10.0. The molecule has 35 heavy (non-hydrogen) atoms. The first kappa shape index (κ1) is 24.6. The molecule has 0 aliphatic carbocycles. The van der Waals surface area contributed by atoms with Crippen LogP contribution in [0.4, 0.5) is 13.2 Å². The second-order valence-corrected chi connectivity index (χ2v) is 9.45. The molecular weight excluding hydrogens is 451 g/mol. The Morgan fingerprint density at radius 3 is 2.40 bits per heavy atom. The lowest BCUT2D eigenvalue weighted by molar-refractivity contribution is -0.137. The number of benzene rings is 1. The number of unbranched alkanes of at least 4 members (excludes halogenated alkanes) is 1. The largest absolute Gasteiger partial charge is 0.416 e. The molecule has 0 amide bonds. The first-order chi connectivity index (χ1) is 16.6. The third-order valence-electron chi connectivity index (χ3n) is 6.21. The summed E-state index contributed by atoms with van der Waals surface area (Å²) >= 11 is 0. The number of carbonyl (C=O) groups excluding carboxylic acids is 1. The Morgan fingerprint density at radius 1 is 0.971 bits per heavy atom. The van der Waals surface area contributed by atoms with Crippen LogP contribution in [-0.4, -0.2) is 20.4 Å². The van der Waals surface area contributed by atoms with Crippen LogP contribution >= 0.6 is 0 Å². The average Bonchev–Trinajstić information content (AvgIpc) is 3.19. The van der Waals surface area contributed by atoms with E-state index in [-0.39, 0.29) is 11.2 Å². The molecule has 0 aliphatic rings. The number of hydrogen-bond acceptors (Lipinski definition) is 3. The van der Waals surface area contributed by atoms with Gasteiger partial charge in [-0.15, -0.1) is 0 Å². The molecule has 1 aromatic carbocycles. The molecule has 0 aliphatic heterocycles. The van der Waals surface area contributed by atoms with Crippen molar-refractivity contribution in [2.75, 3.05) is 0 Å². The quantitative estimate of drug-likeness (QED) is 0.241. The minimum absolute atomic E-state index is 0.175. The van der Waals surface area contributed by atoms with Crippen molar-refractivity contribution in [3.63, 3.8) is 0 Å². The van der Waals surface area contributed by atoms with Crippen LogP contribution in [0.2, 0.25) is 0 Å². The molecule has 0 fully saturated rings. The van der Waals surface area contributed by atoms with Crippen LogP contribution < -0.4 is 0 Å². The van der Waals surface area contributed by atoms with E-state index in [1.165, 1.54) is 10.7 Å². The number of aryl methyl sites for hydroxylation is 1. The first-order valence-electron chi connectivity index (χ1n) is 11.7. The molecular formula is C28H28F3N3O. The fraction of sp³-hybridized carbons (Fsp3) is 0.321. The molecule has 0 atom stereocenters. The first-order valence-corrected chi connectivity index (χ1v) is 11.7. The van der Waals surface area contributed by atoms with Gasteiger partial charge in [0, 0.05) is 41.9 Å². The molecule has 4 nitrogen and oxygen atoms in total. The highest BCUT2D eigenvalue weighted by molar-refractivity contribution is 5.83. The number of ketones is 1. The van der Waals surface area contributed by atoms with E-state index in [2.05, 4.69) is 10.1 Å². The SMILES string of the molecule is CC(C)(CC(=O)CCCCc1nn2ccc(C(F)(F)F)cc2c1-c1ccccc1)c1ccccn1. The fourth-order valence-electron chi connectivity index (χ4n) is 4.41. The lowest BCUT2D eigenvalue weighted by Crippen LogP contribution is -2.23. The molecule has 0 bridgehead atoms. The minimum Gasteiger partial charge on any atom is -0.300 e. The van der Waals surface area contributed by atoms with Crippen LogP contribution in [0.25, 0.3) is 16.6 Å². The number of nitrogens with zero attached hydrogens (tertiary/aromatic N) is 3. The number of alkyl halides is 3. The molecule has 182 valence electrons. The van der Waals surface area contributed by atoms with E-state index in [0.717, 1.165) is 29.1 Å². The highest BCUT2D eigenvalue weighted by Gasteiger charge is 2.31. The predicted molar refractivity (Wildman–Crippen MR) is 130 cm³/mol. The Bertz CT molecular complexity index is 1300. The summed E-state index contributed by atoms with van der Waals surface area (Å²) in [5.74, 6) is 0.175. The number of fused-ring (bicyclic) bond motifs is 1. The van der Waals surface area contributed by atoms with Crippen molar-refractivity contribution < 1.29 is 18.0 Å². The van der Waals surface area contributed by atoms with E-state index in [1.54, 1.807) is 6.20 Å². The summed E-state index contributed by atoms with van der Waals surface area (Å²) in [5, 5.41) is 4.58. The topological polar surface area (TPSA) is 47.3 Å². The van der Waals surface area contributed by atoms with Gasteiger partial charge in [0.05, 0.1) is 16.8 Å². The molecule has 0 saturated carbocycles. The van der Waals surface area contributed by atoms with E-state index in [9.17, 15) is 18.0 Å². The maximum absolute atomic E-state index is 13.3. The molecule has 0 radical (unpaired) electrons. The van der Waals surface area contributed by atoms with Gasteiger partial charge in [0.1, 0.15) is 5.78 Å². The maximum atomic E-state index is 13.3. The monoisotopic (exact) mass is 479 g/mol. The van der Waals surface area contributed by atoms with Gasteiger partial charge in [-0.2, -0.15) is 18.3 Å². The van der Waals surface area contributed by atoms with Crippen molar-refractivity contribution >= 4 is 11.3 Å². The molecule has 7 heteroatoms. The number of carbonyl (C=O) groups is 1. The number of halogens is 3. The zero-order valence-corrected chi connectivity index (χ0v) is 19.8. The molecule has 3 aromatic heterocycles. The number of rotatable bonds is 9. The number of hydrogen-bond donors (Lipinski definition) is 0. The van der Waals surface area contributed by atoms with E-state index in [1.807, 2.05) is 62.4 Å². The lowest BCUT2D eigenvalue weighted by atomic mass is 9.82. The summed E-state index contributed by atoms with van der Waals surface area (Å²) in [4.78, 5) is 17.0. The highest BCUT2D eigenvalue weighted by Crippen LogP contribution is 2.35. The third-order valence-corrected chi connectivity index (χ3v) is 6.21. The molecule has 0 saturated heterocycles. The minimum atomic E-state index is -4.43. The van der Waals surface area contributed by atoms with Crippen molar-refractivity contribution in [1.29, 1.82) is 0 Å². The standard InChI is InChI=1S/C28H28F3N3O/c1-27(2,25-14-8-9-16-32-25)19-22(35)12-6-7-13-23-26(20-10-4-3-5-11-20)24-18-21(28(29,30)31)15-17-34(24)33-23/h3-5,8-11,14-18H,6-7,12-13,19H2,1-2H3. The molecule has 0 spiro atoms. The van der Waals surface area contributed by atoms with Crippen LogP contribution in [0.5, 0.6) is 0 Å². The summed E-state index contributed by atoms with van der Waals surface area (Å²) < 4.78 is 41.5. The van der Waals surface area contributed by atoms with Crippen molar-refractivity contribution in [2.24, 2.45) is 0 Å². The summed E-state index contributed by atoms with van der Waals surface area (Å²) in [6.07, 6.45) is 1.50. The zero-order chi connectivity index (χ0) is 25.1. The summed E-state index contributed by atoms with van der Waals surface area (Å²) in [5.41, 5.74) is 2.55. The Morgan fingerprint density at radius 2 is 1.71 bits per heavy atom. The average molecular weight is 480 g/mol. The summed E-state index contributed by atoms with van der Waals surface area (Å²) in [6, 6.07) is 17.3. The van der Waals surface area contributed by atoms with E-state index >= 15 is 0 Å². The van der Waals surface area contributed by atoms with Crippen LogP contribution in [-0.2, 0) is 22.8 Å². The van der Waals surface area contributed by atoms with Crippen molar-refractivity contribution in [3.8, 4) is 11.1 Å². The van der Waals surface area contributed by atoms with Crippen molar-refractivity contribution in [3.05, 3.63) is 90.0 Å². The fourth-order valence-corrected chi connectivity index (χ4v) is 4.41. The van der Waals surface area contributed by atoms with E-state index < -0.39 is 11.7 Å². The predicted octanol–water partition coefficient (Wildman–Crippen LogP) is 7.06. The highest BCUT2D eigenvalue weighted by atomic mass is 19.4. The number of aromatic nitrogens is 3. The smallest absolute Gasteiger partial charge is 0.300 e. The Hall–Kier alpha value is -3.48. The van der Waals surface area contributed by atoms with Gasteiger partial charge in [0.15, 0.2) is 0 Å². The normalized spacial score (nSPS) is 12.3. The Balaban J connectivity index is 1.47. The van der Waals surface area contributed by atoms with Gasteiger partial charge >= 0.3 is 6.18 Å². The van der Waals surface area contributed by atoms with Crippen molar-refractivity contribution in [2.45, 2.75) is 57.5 Å². The van der Waals surface area contributed by atoms with Gasteiger partial charge in [0.25, 0.3) is 0 Å². The van der Waals surface area contributed by atoms with Crippen LogP contribution in [0.15, 0.2) is 73.1 Å². The number of Topliss-reactive ketones (excluding diaryl/α,β-unsaturated/α-hetero) is 1. The molecule has 0 N–H and O–H groups in total. The molecule has 4 rings (SSSR count). The van der Waals surface area contributed by atoms with Gasteiger partial charge < -0.3 is 0 Å². The lowest BCUT2D eigenvalue weighted by Gasteiger charge is -2.23. The van der Waals surface area contributed by atoms with Crippen molar-refractivity contribution in [1.82, 2.24) is 14.6 Å². The third kappa shape index (κ3) is 5.78. The Kier molecular flexibility index (Phi) is 7.05. The second-order valence-electron chi connectivity index (χ2n) is 9.45. The number of pyridine rings is 2. The summed E-state index contributed by atoms with van der Waals surface area (Å²) in [6.45, 7) is 4.04. The van der Waals surface area contributed by atoms with E-state index in [4.69, 9.17) is 0 Å².